The Hall–Kier alpha value is -2.55. The molecule has 29 heavy (non-hydrogen) atoms. The molecule has 8 nitrogen and oxygen atoms in total. The molecule has 3 aromatic heterocycles. The molecule has 4 rings (SSSR count). The largest absolute Gasteiger partial charge is 0.478 e. The van der Waals surface area contributed by atoms with Gasteiger partial charge in [-0.1, -0.05) is 23.2 Å². The van der Waals surface area contributed by atoms with Gasteiger partial charge in [-0.05, 0) is 18.9 Å². The average Bonchev–Trinajstić information content (AvgIpc) is 3.18. The minimum absolute atomic E-state index is 0.192. The Morgan fingerprint density at radius 2 is 1.93 bits per heavy atom. The first kappa shape index (κ1) is 19.8. The van der Waals surface area contributed by atoms with E-state index in [9.17, 15) is 4.79 Å². The molecule has 1 N–H and O–H groups in total. The van der Waals surface area contributed by atoms with Crippen LogP contribution >= 0.6 is 23.2 Å². The predicted octanol–water partition coefficient (Wildman–Crippen LogP) is 5.04. The van der Waals surface area contributed by atoms with E-state index >= 15 is 0 Å². The summed E-state index contributed by atoms with van der Waals surface area (Å²) >= 11 is 12.1. The fourth-order valence-corrected chi connectivity index (χ4v) is 3.62. The smallest absolute Gasteiger partial charge is 0.417 e. The Kier molecular flexibility index (Phi) is 5.75. The van der Waals surface area contributed by atoms with Gasteiger partial charge in [0.1, 0.15) is 5.76 Å². The Morgan fingerprint density at radius 3 is 2.62 bits per heavy atom. The highest BCUT2D eigenvalue weighted by Gasteiger charge is 2.24. The van der Waals surface area contributed by atoms with Crippen LogP contribution in [-0.2, 0) is 4.74 Å². The second-order valence-electron chi connectivity index (χ2n) is 6.40. The zero-order valence-corrected chi connectivity index (χ0v) is 16.9. The summed E-state index contributed by atoms with van der Waals surface area (Å²) in [4.78, 5) is 20.4. The molecule has 0 bridgehead atoms. The van der Waals surface area contributed by atoms with Crippen molar-refractivity contribution in [2.75, 3.05) is 25.6 Å². The molecule has 0 spiro atoms. The van der Waals surface area contributed by atoms with Crippen LogP contribution in [0.2, 0.25) is 10.0 Å². The maximum Gasteiger partial charge on any atom is 0.417 e. The third-order valence-electron chi connectivity index (χ3n) is 4.61. The molecule has 0 saturated carbocycles. The summed E-state index contributed by atoms with van der Waals surface area (Å²) in [6.07, 6.45) is 5.07. The molecule has 0 unspecified atom stereocenters. The predicted molar refractivity (Wildman–Crippen MR) is 107 cm³/mol. The number of methoxy groups -OCH3 is 1. The SMILES string of the molecule is COc1ncc(OC(=O)Nc2c(Cl)cncc2Cl)c2cc(C3CCOCC3)oc12. The maximum atomic E-state index is 12.4. The van der Waals surface area contributed by atoms with E-state index in [-0.39, 0.29) is 27.4 Å². The molecule has 0 aliphatic carbocycles. The Labute approximate surface area is 176 Å². The number of carbonyl (C=O) groups is 1. The quantitative estimate of drug-likeness (QED) is 0.610. The van der Waals surface area contributed by atoms with E-state index in [0.29, 0.717) is 30.1 Å². The van der Waals surface area contributed by atoms with Gasteiger partial charge in [0.2, 0.25) is 0 Å². The average molecular weight is 438 g/mol. The van der Waals surface area contributed by atoms with Gasteiger partial charge in [0.15, 0.2) is 11.3 Å². The van der Waals surface area contributed by atoms with Crippen molar-refractivity contribution in [2.24, 2.45) is 0 Å². The van der Waals surface area contributed by atoms with E-state index in [4.69, 9.17) is 41.8 Å². The van der Waals surface area contributed by atoms with Gasteiger partial charge in [0.05, 0.1) is 34.4 Å². The Morgan fingerprint density at radius 1 is 1.21 bits per heavy atom. The van der Waals surface area contributed by atoms with Crippen molar-refractivity contribution in [2.45, 2.75) is 18.8 Å². The van der Waals surface area contributed by atoms with Crippen molar-refractivity contribution in [3.05, 3.63) is 40.5 Å². The highest BCUT2D eigenvalue weighted by molar-refractivity contribution is 6.39. The van der Waals surface area contributed by atoms with Crippen molar-refractivity contribution in [1.29, 1.82) is 0 Å². The highest BCUT2D eigenvalue weighted by Crippen LogP contribution is 2.38. The number of ether oxygens (including phenoxy) is 3. The van der Waals surface area contributed by atoms with Crippen LogP contribution in [0.1, 0.15) is 24.5 Å². The van der Waals surface area contributed by atoms with Gasteiger partial charge in [0, 0.05) is 31.5 Å². The first-order chi connectivity index (χ1) is 14.1. The fourth-order valence-electron chi connectivity index (χ4n) is 3.17. The van der Waals surface area contributed by atoms with Crippen molar-refractivity contribution >= 4 is 46.0 Å². The Bertz CT molecular complexity index is 1030. The lowest BCUT2D eigenvalue weighted by Crippen LogP contribution is -2.17. The number of halogens is 2. The number of anilines is 1. The molecule has 1 aliphatic heterocycles. The summed E-state index contributed by atoms with van der Waals surface area (Å²) in [5, 5.41) is 3.49. The van der Waals surface area contributed by atoms with Gasteiger partial charge in [-0.3, -0.25) is 10.3 Å². The lowest BCUT2D eigenvalue weighted by molar-refractivity contribution is 0.0810. The van der Waals surface area contributed by atoms with Crippen molar-refractivity contribution in [3.63, 3.8) is 0 Å². The molecule has 152 valence electrons. The number of nitrogens with zero attached hydrogens (tertiary/aromatic N) is 2. The number of aromatic nitrogens is 2. The molecule has 1 saturated heterocycles. The summed E-state index contributed by atoms with van der Waals surface area (Å²) in [6.45, 7) is 1.35. The topological polar surface area (TPSA) is 95.7 Å². The molecule has 0 aromatic carbocycles. The normalized spacial score (nSPS) is 14.7. The molecular weight excluding hydrogens is 421 g/mol. The van der Waals surface area contributed by atoms with Gasteiger partial charge in [-0.25, -0.2) is 9.78 Å². The number of rotatable bonds is 4. The fraction of sp³-hybridized carbons (Fsp3) is 0.316. The van der Waals surface area contributed by atoms with Crippen molar-refractivity contribution < 1.29 is 23.4 Å². The second-order valence-corrected chi connectivity index (χ2v) is 7.22. The third kappa shape index (κ3) is 4.10. The summed E-state index contributed by atoms with van der Waals surface area (Å²) in [5.74, 6) is 1.53. The van der Waals surface area contributed by atoms with Crippen LogP contribution < -0.4 is 14.8 Å². The van der Waals surface area contributed by atoms with E-state index in [2.05, 4.69) is 15.3 Å². The van der Waals surface area contributed by atoms with E-state index < -0.39 is 6.09 Å². The van der Waals surface area contributed by atoms with Gasteiger partial charge < -0.3 is 18.6 Å². The van der Waals surface area contributed by atoms with Crippen molar-refractivity contribution in [3.8, 4) is 11.6 Å². The van der Waals surface area contributed by atoms with Crippen LogP contribution in [0.4, 0.5) is 10.5 Å². The first-order valence-corrected chi connectivity index (χ1v) is 9.64. The van der Waals surface area contributed by atoms with Crippen LogP contribution in [-0.4, -0.2) is 36.4 Å². The molecule has 3 aromatic rings. The first-order valence-electron chi connectivity index (χ1n) is 8.89. The summed E-state index contributed by atoms with van der Waals surface area (Å²) in [5.41, 5.74) is 0.625. The molecule has 10 heteroatoms. The van der Waals surface area contributed by atoms with Crippen LogP contribution in [0.25, 0.3) is 11.0 Å². The number of amides is 1. The van der Waals surface area contributed by atoms with Crippen LogP contribution in [0, 0.1) is 0 Å². The number of pyridine rings is 2. The monoisotopic (exact) mass is 437 g/mol. The van der Waals surface area contributed by atoms with E-state index in [1.165, 1.54) is 25.7 Å². The number of furan rings is 1. The molecule has 1 fully saturated rings. The molecule has 1 amide bonds. The number of hydrogen-bond donors (Lipinski definition) is 1. The molecule has 1 aliphatic rings. The lowest BCUT2D eigenvalue weighted by atomic mass is 9.97. The van der Waals surface area contributed by atoms with Gasteiger partial charge in [-0.15, -0.1) is 0 Å². The number of fused-ring (bicyclic) bond motifs is 1. The summed E-state index contributed by atoms with van der Waals surface area (Å²) < 4.78 is 22.2. The maximum absolute atomic E-state index is 12.4. The molecule has 4 heterocycles. The minimum atomic E-state index is -0.776. The van der Waals surface area contributed by atoms with E-state index in [1.54, 1.807) is 0 Å². The number of carbonyl (C=O) groups excluding carboxylic acids is 1. The molecular formula is C19H17Cl2N3O5. The van der Waals surface area contributed by atoms with Gasteiger partial charge in [-0.2, -0.15) is 0 Å². The minimum Gasteiger partial charge on any atom is -0.478 e. The second kappa shape index (κ2) is 8.44. The summed E-state index contributed by atoms with van der Waals surface area (Å²) in [7, 11) is 1.50. The number of nitrogens with one attached hydrogen (secondary N) is 1. The Balaban J connectivity index is 1.63. The zero-order valence-electron chi connectivity index (χ0n) is 15.4. The van der Waals surface area contributed by atoms with Crippen LogP contribution in [0.3, 0.4) is 0 Å². The zero-order chi connectivity index (χ0) is 20.4. The van der Waals surface area contributed by atoms with Gasteiger partial charge >= 0.3 is 6.09 Å². The standard InChI is InChI=1S/C19H17Cl2N3O5/c1-26-18-17-11(6-14(28-17)10-2-4-27-5-3-10)15(9-23-18)29-19(25)24-16-12(20)7-22-8-13(16)21/h6-10H,2-5H2,1H3,(H,22,24,25). The molecule has 0 atom stereocenters. The lowest BCUT2D eigenvalue weighted by Gasteiger charge is -2.19. The summed E-state index contributed by atoms with van der Waals surface area (Å²) in [6, 6.07) is 1.85. The molecule has 0 radical (unpaired) electrons. The van der Waals surface area contributed by atoms with Crippen molar-refractivity contribution in [1.82, 2.24) is 9.97 Å². The number of hydrogen-bond acceptors (Lipinski definition) is 7. The van der Waals surface area contributed by atoms with E-state index in [0.717, 1.165) is 18.6 Å². The highest BCUT2D eigenvalue weighted by atomic mass is 35.5. The third-order valence-corrected chi connectivity index (χ3v) is 5.18. The van der Waals surface area contributed by atoms with Crippen LogP contribution in [0.15, 0.2) is 29.1 Å². The van der Waals surface area contributed by atoms with Gasteiger partial charge in [0.25, 0.3) is 5.88 Å². The van der Waals surface area contributed by atoms with E-state index in [1.807, 2.05) is 6.07 Å². The van der Waals surface area contributed by atoms with Crippen LogP contribution in [0.5, 0.6) is 11.6 Å².